The third-order valence-electron chi connectivity index (χ3n) is 8.35. The van der Waals surface area contributed by atoms with Crippen LogP contribution in [0.3, 0.4) is 0 Å². The zero-order valence-electron chi connectivity index (χ0n) is 24.6. The minimum atomic E-state index is -0.719. The minimum absolute atomic E-state index is 0.123. The van der Waals surface area contributed by atoms with Gasteiger partial charge in [-0.3, -0.25) is 4.79 Å². The Labute approximate surface area is 242 Å². The Bertz CT molecular complexity index is 1360. The highest BCUT2D eigenvalue weighted by atomic mass is 16.7. The average Bonchev–Trinajstić information content (AvgIpc) is 3.65. The number of aromatic amines is 1. The Kier molecular flexibility index (Phi) is 7.99. The quantitative estimate of drug-likeness (QED) is 0.402. The van der Waals surface area contributed by atoms with Crippen LogP contribution < -0.4 is 15.5 Å². The zero-order chi connectivity index (χ0) is 29.4. The predicted octanol–water partition coefficient (Wildman–Crippen LogP) is 4.85. The van der Waals surface area contributed by atoms with E-state index in [9.17, 15) is 9.59 Å². The van der Waals surface area contributed by atoms with Gasteiger partial charge >= 0.3 is 13.2 Å². The Morgan fingerprint density at radius 3 is 2.34 bits per heavy atom. The average molecular weight is 558 g/mol. The lowest BCUT2D eigenvalue weighted by atomic mass is 9.79. The van der Waals surface area contributed by atoms with Gasteiger partial charge in [0.25, 0.3) is 0 Å². The van der Waals surface area contributed by atoms with Crippen molar-refractivity contribution in [3.63, 3.8) is 0 Å². The number of nitrogens with one attached hydrogen (secondary N) is 2. The highest BCUT2D eigenvalue weighted by Gasteiger charge is 2.51. The molecule has 0 saturated carbocycles. The molecule has 0 aliphatic carbocycles. The fraction of sp³-hybridized carbons (Fsp3) is 0.452. The van der Waals surface area contributed by atoms with E-state index < -0.39 is 30.5 Å². The van der Waals surface area contributed by atoms with Gasteiger partial charge in [0.1, 0.15) is 17.6 Å². The maximum atomic E-state index is 13.7. The van der Waals surface area contributed by atoms with E-state index in [1.165, 1.54) is 0 Å². The largest absolute Gasteiger partial charge is 0.494 e. The van der Waals surface area contributed by atoms with Crippen LogP contribution in [0.25, 0.3) is 11.3 Å². The normalized spacial score (nSPS) is 20.3. The SMILES string of the molecule is CC(C)C(NC(=O)Oc1ccccc1)C(=O)N1CCCC1c1ncc(-c2ccc(B3OC(C)(C)C(C)(C)O3)cc2)[nH]1. The van der Waals surface area contributed by atoms with Crippen LogP contribution in [0.2, 0.25) is 0 Å². The summed E-state index contributed by atoms with van der Waals surface area (Å²) in [5, 5.41) is 2.78. The van der Waals surface area contributed by atoms with Crippen LogP contribution in [0.15, 0.2) is 60.8 Å². The second kappa shape index (κ2) is 11.3. The van der Waals surface area contributed by atoms with Gasteiger partial charge in [0.15, 0.2) is 0 Å². The third kappa shape index (κ3) is 6.04. The minimum Gasteiger partial charge on any atom is -0.410 e. The zero-order valence-corrected chi connectivity index (χ0v) is 24.6. The number of amides is 2. The van der Waals surface area contributed by atoms with Crippen LogP contribution in [0.5, 0.6) is 5.75 Å². The highest BCUT2D eigenvalue weighted by molar-refractivity contribution is 6.62. The van der Waals surface area contributed by atoms with Crippen molar-refractivity contribution < 1.29 is 23.6 Å². The summed E-state index contributed by atoms with van der Waals surface area (Å²) in [6.07, 6.45) is 2.80. The molecule has 2 aliphatic heterocycles. The lowest BCUT2D eigenvalue weighted by Gasteiger charge is -2.32. The van der Waals surface area contributed by atoms with Gasteiger partial charge in [0.05, 0.1) is 29.1 Å². The molecule has 9 nitrogen and oxygen atoms in total. The van der Waals surface area contributed by atoms with Gasteiger partial charge in [0.2, 0.25) is 5.91 Å². The van der Waals surface area contributed by atoms with E-state index in [0.29, 0.717) is 12.3 Å². The summed E-state index contributed by atoms with van der Waals surface area (Å²) < 4.78 is 17.7. The van der Waals surface area contributed by atoms with Gasteiger partial charge in [0, 0.05) is 6.54 Å². The van der Waals surface area contributed by atoms with E-state index >= 15 is 0 Å². The number of imidazole rings is 1. The Balaban J connectivity index is 1.26. The molecule has 3 heterocycles. The van der Waals surface area contributed by atoms with Crippen molar-refractivity contribution in [1.82, 2.24) is 20.2 Å². The van der Waals surface area contributed by atoms with Gasteiger partial charge in [-0.05, 0) is 69.6 Å². The monoisotopic (exact) mass is 558 g/mol. The second-order valence-electron chi connectivity index (χ2n) is 12.2. The molecule has 2 saturated heterocycles. The number of hydrogen-bond donors (Lipinski definition) is 2. The molecule has 2 fully saturated rings. The standard InChI is InChI=1S/C31H39BN4O5/c1-20(2)26(35-29(38)39-23-11-8-7-9-12-23)28(37)36-18-10-13-25(36)27-33-19-24(34-27)21-14-16-22(17-15-21)32-40-30(3,4)31(5,6)41-32/h7-9,11-12,14-17,19-20,25-26H,10,13,18H2,1-6H3,(H,33,34)(H,35,38). The first-order chi connectivity index (χ1) is 19.4. The fourth-order valence-electron chi connectivity index (χ4n) is 5.21. The van der Waals surface area contributed by atoms with Crippen molar-refractivity contribution >= 4 is 24.6 Å². The first kappa shape index (κ1) is 28.9. The Morgan fingerprint density at radius 1 is 1.05 bits per heavy atom. The number of ether oxygens (including phenoxy) is 1. The van der Waals surface area contributed by atoms with Crippen molar-refractivity contribution in [3.8, 4) is 17.0 Å². The predicted molar refractivity (Wildman–Crippen MR) is 158 cm³/mol. The number of H-pyrrole nitrogens is 1. The second-order valence-corrected chi connectivity index (χ2v) is 12.2. The summed E-state index contributed by atoms with van der Waals surface area (Å²) in [5.74, 6) is 0.889. The summed E-state index contributed by atoms with van der Waals surface area (Å²) in [4.78, 5) is 36.2. The van der Waals surface area contributed by atoms with Crippen LogP contribution in [-0.4, -0.2) is 57.8 Å². The maximum absolute atomic E-state index is 13.7. The van der Waals surface area contributed by atoms with Gasteiger partial charge in [-0.2, -0.15) is 0 Å². The number of nitrogens with zero attached hydrogens (tertiary/aromatic N) is 2. The number of carbonyl (C=O) groups is 2. The lowest BCUT2D eigenvalue weighted by Crippen LogP contribution is -2.51. The van der Waals surface area contributed by atoms with Crippen molar-refractivity contribution in [2.24, 2.45) is 5.92 Å². The molecule has 3 aromatic rings. The third-order valence-corrected chi connectivity index (χ3v) is 8.35. The topological polar surface area (TPSA) is 106 Å². The Hall–Kier alpha value is -3.63. The molecule has 5 rings (SSSR count). The van der Waals surface area contributed by atoms with Crippen molar-refractivity contribution in [2.45, 2.75) is 77.7 Å². The maximum Gasteiger partial charge on any atom is 0.494 e. The first-order valence-corrected chi connectivity index (χ1v) is 14.3. The van der Waals surface area contributed by atoms with Gasteiger partial charge in [-0.1, -0.05) is 56.3 Å². The molecule has 10 heteroatoms. The number of aromatic nitrogens is 2. The van der Waals surface area contributed by atoms with Gasteiger partial charge < -0.3 is 29.2 Å². The molecule has 2 atom stereocenters. The molecule has 0 spiro atoms. The smallest absolute Gasteiger partial charge is 0.410 e. The van der Waals surface area contributed by atoms with E-state index in [1.54, 1.807) is 30.5 Å². The molecule has 41 heavy (non-hydrogen) atoms. The van der Waals surface area contributed by atoms with Crippen molar-refractivity contribution in [2.75, 3.05) is 6.54 Å². The lowest BCUT2D eigenvalue weighted by molar-refractivity contribution is -0.135. The van der Waals surface area contributed by atoms with Crippen LogP contribution in [0, 0.1) is 5.92 Å². The van der Waals surface area contributed by atoms with E-state index in [4.69, 9.17) is 14.0 Å². The van der Waals surface area contributed by atoms with E-state index in [-0.39, 0.29) is 17.9 Å². The number of para-hydroxylation sites is 1. The van der Waals surface area contributed by atoms with Crippen LogP contribution in [0.1, 0.15) is 66.3 Å². The summed E-state index contributed by atoms with van der Waals surface area (Å²) >= 11 is 0. The summed E-state index contributed by atoms with van der Waals surface area (Å²) in [6, 6.07) is 15.9. The fourth-order valence-corrected chi connectivity index (χ4v) is 5.21. The molecule has 2 N–H and O–H groups in total. The number of likely N-dealkylation sites (tertiary alicyclic amines) is 1. The number of carbonyl (C=O) groups excluding carboxylic acids is 2. The van der Waals surface area contributed by atoms with Gasteiger partial charge in [-0.15, -0.1) is 0 Å². The molecule has 2 aliphatic rings. The molecular weight excluding hydrogens is 519 g/mol. The van der Waals surface area contributed by atoms with E-state index in [1.807, 2.05) is 76.8 Å². The van der Waals surface area contributed by atoms with Gasteiger partial charge in [-0.25, -0.2) is 9.78 Å². The molecular formula is C31H39BN4O5. The molecule has 2 amide bonds. The van der Waals surface area contributed by atoms with E-state index in [2.05, 4.69) is 15.3 Å². The van der Waals surface area contributed by atoms with Crippen molar-refractivity contribution in [1.29, 1.82) is 0 Å². The molecule has 2 aromatic carbocycles. The summed E-state index contributed by atoms with van der Waals surface area (Å²) in [5.41, 5.74) is 2.00. The molecule has 2 unspecified atom stereocenters. The Morgan fingerprint density at radius 2 is 1.71 bits per heavy atom. The summed E-state index contributed by atoms with van der Waals surface area (Å²) in [6.45, 7) is 12.6. The summed E-state index contributed by atoms with van der Waals surface area (Å²) in [7, 11) is -0.420. The van der Waals surface area contributed by atoms with Crippen LogP contribution in [-0.2, 0) is 14.1 Å². The highest BCUT2D eigenvalue weighted by Crippen LogP contribution is 2.37. The van der Waals surface area contributed by atoms with Crippen LogP contribution in [0.4, 0.5) is 4.79 Å². The van der Waals surface area contributed by atoms with E-state index in [0.717, 1.165) is 35.4 Å². The first-order valence-electron chi connectivity index (χ1n) is 14.3. The number of hydrogen-bond acceptors (Lipinski definition) is 6. The van der Waals surface area contributed by atoms with Crippen molar-refractivity contribution in [3.05, 3.63) is 66.6 Å². The number of benzene rings is 2. The molecule has 1 aromatic heterocycles. The molecule has 0 radical (unpaired) electrons. The molecule has 216 valence electrons. The number of rotatable bonds is 7. The van der Waals surface area contributed by atoms with Crippen LogP contribution >= 0.6 is 0 Å². The molecule has 0 bridgehead atoms.